The van der Waals surface area contributed by atoms with Crippen LogP contribution in [0.3, 0.4) is 0 Å². The maximum atomic E-state index is 6.43. The first-order valence-corrected chi connectivity index (χ1v) is 6.54. The molecule has 1 aliphatic rings. The number of benzene rings is 1. The lowest BCUT2D eigenvalue weighted by atomic mass is 9.79. The van der Waals surface area contributed by atoms with E-state index in [1.54, 1.807) is 0 Å². The van der Waals surface area contributed by atoms with E-state index in [1.165, 1.54) is 24.8 Å². The molecule has 88 valence electrons. The van der Waals surface area contributed by atoms with Gasteiger partial charge < -0.3 is 5.73 Å². The van der Waals surface area contributed by atoms with Crippen molar-refractivity contribution in [2.45, 2.75) is 45.1 Å². The molecule has 1 aromatic carbocycles. The highest BCUT2D eigenvalue weighted by Gasteiger charge is 2.36. The van der Waals surface area contributed by atoms with Gasteiger partial charge in [0.25, 0.3) is 0 Å². The van der Waals surface area contributed by atoms with Crippen molar-refractivity contribution in [1.29, 1.82) is 0 Å². The molecule has 0 saturated heterocycles. The minimum atomic E-state index is 0.359. The average molecular weight is 217 g/mol. The third kappa shape index (κ3) is 2.46. The predicted octanol–water partition coefficient (Wildman–Crippen LogP) is 3.55. The molecule has 1 fully saturated rings. The molecule has 0 radical (unpaired) electrons. The molecule has 2 rings (SSSR count). The standard InChI is InChI=1S/C15H23N/c1-3-11(2)14(15(16)13-9-10-13)12-7-5-4-6-8-12/h4-8,11,13-15H,3,9-10,16H2,1-2H3. The summed E-state index contributed by atoms with van der Waals surface area (Å²) in [6.07, 6.45) is 3.88. The predicted molar refractivity (Wildman–Crippen MR) is 69.3 cm³/mol. The van der Waals surface area contributed by atoms with E-state index in [1.807, 2.05) is 0 Å². The molecule has 16 heavy (non-hydrogen) atoms. The lowest BCUT2D eigenvalue weighted by molar-refractivity contribution is 0.358. The number of hydrogen-bond acceptors (Lipinski definition) is 1. The third-order valence-electron chi connectivity index (χ3n) is 4.02. The van der Waals surface area contributed by atoms with Gasteiger partial charge in [0.1, 0.15) is 0 Å². The van der Waals surface area contributed by atoms with Gasteiger partial charge in [0.15, 0.2) is 0 Å². The van der Waals surface area contributed by atoms with Gasteiger partial charge in [-0.3, -0.25) is 0 Å². The SMILES string of the molecule is CCC(C)C(c1ccccc1)C(N)C1CC1. The summed E-state index contributed by atoms with van der Waals surface area (Å²) in [5.41, 5.74) is 7.86. The van der Waals surface area contributed by atoms with E-state index in [0.29, 0.717) is 17.9 Å². The Kier molecular flexibility index (Phi) is 3.65. The molecule has 1 nitrogen and oxygen atoms in total. The van der Waals surface area contributed by atoms with E-state index >= 15 is 0 Å². The average Bonchev–Trinajstić information content (AvgIpc) is 3.14. The van der Waals surface area contributed by atoms with Crippen molar-refractivity contribution in [1.82, 2.24) is 0 Å². The van der Waals surface area contributed by atoms with Gasteiger partial charge in [-0.1, -0.05) is 50.6 Å². The molecule has 1 heteroatoms. The molecule has 0 bridgehead atoms. The lowest BCUT2D eigenvalue weighted by Crippen LogP contribution is -2.34. The van der Waals surface area contributed by atoms with E-state index in [0.717, 1.165) is 5.92 Å². The maximum Gasteiger partial charge on any atom is 0.0139 e. The van der Waals surface area contributed by atoms with Crippen molar-refractivity contribution in [2.75, 3.05) is 0 Å². The molecule has 0 heterocycles. The Labute approximate surface area is 99.0 Å². The molecule has 2 N–H and O–H groups in total. The van der Waals surface area contributed by atoms with Crippen LogP contribution in [0.15, 0.2) is 30.3 Å². The van der Waals surface area contributed by atoms with Gasteiger partial charge in [0.2, 0.25) is 0 Å². The van der Waals surface area contributed by atoms with Gasteiger partial charge in [-0.25, -0.2) is 0 Å². The molecule has 0 aliphatic heterocycles. The van der Waals surface area contributed by atoms with Gasteiger partial charge in [0, 0.05) is 12.0 Å². The smallest absolute Gasteiger partial charge is 0.0139 e. The second-order valence-electron chi connectivity index (χ2n) is 5.24. The normalized spacial score (nSPS) is 21.4. The van der Waals surface area contributed by atoms with Gasteiger partial charge in [-0.05, 0) is 30.2 Å². The molecular weight excluding hydrogens is 194 g/mol. The van der Waals surface area contributed by atoms with Crippen LogP contribution in [0.1, 0.15) is 44.6 Å². The van der Waals surface area contributed by atoms with Crippen LogP contribution < -0.4 is 5.73 Å². The molecule has 0 spiro atoms. The van der Waals surface area contributed by atoms with Crippen molar-refractivity contribution in [3.8, 4) is 0 Å². The highest BCUT2D eigenvalue weighted by atomic mass is 14.7. The third-order valence-corrected chi connectivity index (χ3v) is 4.02. The fraction of sp³-hybridized carbons (Fsp3) is 0.600. The Bertz CT molecular complexity index is 315. The Morgan fingerprint density at radius 1 is 1.25 bits per heavy atom. The summed E-state index contributed by atoms with van der Waals surface area (Å²) in [7, 11) is 0. The largest absolute Gasteiger partial charge is 0.327 e. The summed E-state index contributed by atoms with van der Waals surface area (Å²) >= 11 is 0. The van der Waals surface area contributed by atoms with Crippen LogP contribution in [-0.2, 0) is 0 Å². The van der Waals surface area contributed by atoms with E-state index < -0.39 is 0 Å². The number of hydrogen-bond donors (Lipinski definition) is 1. The van der Waals surface area contributed by atoms with Crippen LogP contribution in [0.2, 0.25) is 0 Å². The minimum Gasteiger partial charge on any atom is -0.327 e. The summed E-state index contributed by atoms with van der Waals surface area (Å²) in [6, 6.07) is 11.2. The van der Waals surface area contributed by atoms with Crippen LogP contribution in [0.5, 0.6) is 0 Å². The van der Waals surface area contributed by atoms with Gasteiger partial charge in [0.05, 0.1) is 0 Å². The van der Waals surface area contributed by atoms with Crippen molar-refractivity contribution in [3.05, 3.63) is 35.9 Å². The second kappa shape index (κ2) is 5.01. The van der Waals surface area contributed by atoms with Crippen molar-refractivity contribution in [3.63, 3.8) is 0 Å². The zero-order valence-corrected chi connectivity index (χ0v) is 10.4. The van der Waals surface area contributed by atoms with Crippen molar-refractivity contribution in [2.24, 2.45) is 17.6 Å². The Morgan fingerprint density at radius 3 is 2.38 bits per heavy atom. The summed E-state index contributed by atoms with van der Waals surface area (Å²) in [6.45, 7) is 4.60. The van der Waals surface area contributed by atoms with Crippen molar-refractivity contribution >= 4 is 0 Å². The highest BCUT2D eigenvalue weighted by Crippen LogP contribution is 2.41. The van der Waals surface area contributed by atoms with Crippen molar-refractivity contribution < 1.29 is 0 Å². The quantitative estimate of drug-likeness (QED) is 0.802. The summed E-state index contributed by atoms with van der Waals surface area (Å²) in [5.74, 6) is 2.00. The van der Waals surface area contributed by atoms with Gasteiger partial charge >= 0.3 is 0 Å². The number of nitrogens with two attached hydrogens (primary N) is 1. The van der Waals surface area contributed by atoms with E-state index in [9.17, 15) is 0 Å². The topological polar surface area (TPSA) is 26.0 Å². The van der Waals surface area contributed by atoms with Gasteiger partial charge in [-0.2, -0.15) is 0 Å². The molecule has 0 aromatic heterocycles. The second-order valence-corrected chi connectivity index (χ2v) is 5.24. The van der Waals surface area contributed by atoms with Crippen LogP contribution in [0, 0.1) is 11.8 Å². The molecule has 3 unspecified atom stereocenters. The highest BCUT2D eigenvalue weighted by molar-refractivity contribution is 5.23. The molecule has 1 aliphatic carbocycles. The van der Waals surface area contributed by atoms with Gasteiger partial charge in [-0.15, -0.1) is 0 Å². The molecule has 1 saturated carbocycles. The Morgan fingerprint density at radius 2 is 1.88 bits per heavy atom. The molecule has 0 amide bonds. The van der Waals surface area contributed by atoms with E-state index in [2.05, 4.69) is 44.2 Å². The fourth-order valence-corrected chi connectivity index (χ4v) is 2.63. The first-order valence-electron chi connectivity index (χ1n) is 6.54. The van der Waals surface area contributed by atoms with E-state index in [4.69, 9.17) is 5.73 Å². The number of rotatable bonds is 5. The summed E-state index contributed by atoms with van der Waals surface area (Å²) < 4.78 is 0. The first kappa shape index (κ1) is 11.7. The minimum absolute atomic E-state index is 0.359. The first-order chi connectivity index (χ1) is 7.74. The maximum absolute atomic E-state index is 6.43. The zero-order valence-electron chi connectivity index (χ0n) is 10.4. The Balaban J connectivity index is 2.20. The Hall–Kier alpha value is -0.820. The monoisotopic (exact) mass is 217 g/mol. The van der Waals surface area contributed by atoms with Crippen LogP contribution >= 0.6 is 0 Å². The summed E-state index contributed by atoms with van der Waals surface area (Å²) in [4.78, 5) is 0. The fourth-order valence-electron chi connectivity index (χ4n) is 2.63. The van der Waals surface area contributed by atoms with Crippen LogP contribution in [0.4, 0.5) is 0 Å². The molecular formula is C15H23N. The van der Waals surface area contributed by atoms with E-state index in [-0.39, 0.29) is 0 Å². The summed E-state index contributed by atoms with van der Waals surface area (Å²) in [5, 5.41) is 0. The molecule has 1 aromatic rings. The lowest BCUT2D eigenvalue weighted by Gasteiger charge is -2.29. The molecule has 3 atom stereocenters. The van der Waals surface area contributed by atoms with Crippen LogP contribution in [-0.4, -0.2) is 6.04 Å². The zero-order chi connectivity index (χ0) is 11.5. The van der Waals surface area contributed by atoms with Crippen LogP contribution in [0.25, 0.3) is 0 Å².